The standard InChI is InChI=1S/C14H18BrN3O3/c1-8(2)12(16-9(3)19)14(21)18-17-13(20)10-6-4-5-7-11(10)15/h4-8,12H,1-3H3,(H,16,19)(H,17,20)(H,18,21). The van der Waals surface area contributed by atoms with Crippen molar-refractivity contribution in [3.05, 3.63) is 34.3 Å². The monoisotopic (exact) mass is 355 g/mol. The van der Waals surface area contributed by atoms with Gasteiger partial charge in [0, 0.05) is 11.4 Å². The molecule has 1 rings (SSSR count). The van der Waals surface area contributed by atoms with Crippen molar-refractivity contribution in [3.8, 4) is 0 Å². The number of hydrazine groups is 1. The zero-order chi connectivity index (χ0) is 16.0. The zero-order valence-electron chi connectivity index (χ0n) is 12.1. The van der Waals surface area contributed by atoms with Crippen LogP contribution < -0.4 is 16.2 Å². The molecule has 0 aliphatic rings. The first-order chi connectivity index (χ1) is 9.82. The van der Waals surface area contributed by atoms with Gasteiger partial charge in [0.25, 0.3) is 11.8 Å². The molecule has 1 atom stereocenters. The van der Waals surface area contributed by atoms with E-state index in [0.717, 1.165) is 0 Å². The smallest absolute Gasteiger partial charge is 0.270 e. The molecule has 6 nitrogen and oxygen atoms in total. The first-order valence-electron chi connectivity index (χ1n) is 6.44. The van der Waals surface area contributed by atoms with Gasteiger partial charge in [0.1, 0.15) is 6.04 Å². The predicted molar refractivity (Wildman–Crippen MR) is 82.2 cm³/mol. The second-order valence-corrected chi connectivity index (χ2v) is 5.70. The number of carbonyl (C=O) groups excluding carboxylic acids is 3. The molecule has 1 unspecified atom stereocenters. The van der Waals surface area contributed by atoms with E-state index in [9.17, 15) is 14.4 Å². The lowest BCUT2D eigenvalue weighted by atomic mass is 10.0. The zero-order valence-corrected chi connectivity index (χ0v) is 13.7. The second kappa shape index (κ2) is 7.78. The predicted octanol–water partition coefficient (Wildman–Crippen LogP) is 1.37. The summed E-state index contributed by atoms with van der Waals surface area (Å²) in [7, 11) is 0. The van der Waals surface area contributed by atoms with E-state index >= 15 is 0 Å². The largest absolute Gasteiger partial charge is 0.344 e. The van der Waals surface area contributed by atoms with Crippen LogP contribution in [-0.2, 0) is 9.59 Å². The molecule has 3 N–H and O–H groups in total. The van der Waals surface area contributed by atoms with Gasteiger partial charge in [-0.3, -0.25) is 25.2 Å². The van der Waals surface area contributed by atoms with E-state index in [1.165, 1.54) is 6.92 Å². The minimum atomic E-state index is -0.706. The lowest BCUT2D eigenvalue weighted by Gasteiger charge is -2.21. The average molecular weight is 356 g/mol. The lowest BCUT2D eigenvalue weighted by molar-refractivity contribution is -0.129. The van der Waals surface area contributed by atoms with Crippen LogP contribution >= 0.6 is 15.9 Å². The molecule has 0 aliphatic carbocycles. The Morgan fingerprint density at radius 1 is 1.10 bits per heavy atom. The Balaban J connectivity index is 2.65. The van der Waals surface area contributed by atoms with Gasteiger partial charge in [0.05, 0.1) is 5.56 Å². The maximum Gasteiger partial charge on any atom is 0.270 e. The summed E-state index contributed by atoms with van der Waals surface area (Å²) in [4.78, 5) is 35.0. The van der Waals surface area contributed by atoms with Gasteiger partial charge in [0.15, 0.2) is 0 Å². The molecule has 21 heavy (non-hydrogen) atoms. The van der Waals surface area contributed by atoms with E-state index in [2.05, 4.69) is 32.1 Å². The van der Waals surface area contributed by atoms with Gasteiger partial charge in [-0.15, -0.1) is 0 Å². The molecule has 0 heterocycles. The molecular weight excluding hydrogens is 338 g/mol. The van der Waals surface area contributed by atoms with Crippen LogP contribution in [0.5, 0.6) is 0 Å². The van der Waals surface area contributed by atoms with Gasteiger partial charge in [0.2, 0.25) is 5.91 Å². The van der Waals surface area contributed by atoms with Crippen molar-refractivity contribution in [2.24, 2.45) is 5.92 Å². The quantitative estimate of drug-likeness (QED) is 0.712. The molecule has 1 aromatic rings. The summed E-state index contributed by atoms with van der Waals surface area (Å²) in [5, 5.41) is 2.54. The molecule has 3 amide bonds. The van der Waals surface area contributed by atoms with E-state index in [-0.39, 0.29) is 11.8 Å². The fraction of sp³-hybridized carbons (Fsp3) is 0.357. The maximum atomic E-state index is 12.0. The molecule has 0 saturated carbocycles. The molecular formula is C14H18BrN3O3. The summed E-state index contributed by atoms with van der Waals surface area (Å²) in [6.45, 7) is 4.94. The molecule has 0 saturated heterocycles. The SMILES string of the molecule is CC(=O)NC(C(=O)NNC(=O)c1ccccc1Br)C(C)C. The van der Waals surface area contributed by atoms with Crippen LogP contribution in [0.3, 0.4) is 0 Å². The molecule has 1 aromatic carbocycles. The molecule has 0 aliphatic heterocycles. The van der Waals surface area contributed by atoms with E-state index in [1.807, 2.05) is 0 Å². The maximum absolute atomic E-state index is 12.0. The number of carbonyl (C=O) groups is 3. The Morgan fingerprint density at radius 2 is 1.71 bits per heavy atom. The van der Waals surface area contributed by atoms with Crippen LogP contribution in [0.25, 0.3) is 0 Å². The first kappa shape index (κ1) is 17.2. The highest BCUT2D eigenvalue weighted by molar-refractivity contribution is 9.10. The fourth-order valence-electron chi connectivity index (χ4n) is 1.66. The topological polar surface area (TPSA) is 87.3 Å². The van der Waals surface area contributed by atoms with E-state index in [1.54, 1.807) is 38.1 Å². The highest BCUT2D eigenvalue weighted by atomic mass is 79.9. The number of amides is 3. The Bertz CT molecular complexity index is 546. The van der Waals surface area contributed by atoms with Crippen molar-refractivity contribution >= 4 is 33.7 Å². The van der Waals surface area contributed by atoms with Gasteiger partial charge >= 0.3 is 0 Å². The molecule has 0 bridgehead atoms. The Kier molecular flexibility index (Phi) is 6.36. The van der Waals surface area contributed by atoms with Crippen LogP contribution in [0.1, 0.15) is 31.1 Å². The summed E-state index contributed by atoms with van der Waals surface area (Å²) in [6.07, 6.45) is 0. The van der Waals surface area contributed by atoms with E-state index in [0.29, 0.717) is 10.0 Å². The number of nitrogens with one attached hydrogen (secondary N) is 3. The van der Waals surface area contributed by atoms with Crippen molar-refractivity contribution in [1.82, 2.24) is 16.2 Å². The van der Waals surface area contributed by atoms with Gasteiger partial charge in [-0.25, -0.2) is 0 Å². The second-order valence-electron chi connectivity index (χ2n) is 4.85. The molecule has 0 aromatic heterocycles. The van der Waals surface area contributed by atoms with Crippen molar-refractivity contribution in [2.75, 3.05) is 0 Å². The molecule has 0 spiro atoms. The van der Waals surface area contributed by atoms with Crippen molar-refractivity contribution in [2.45, 2.75) is 26.8 Å². The fourth-order valence-corrected chi connectivity index (χ4v) is 2.13. The van der Waals surface area contributed by atoms with Crippen LogP contribution in [0.2, 0.25) is 0 Å². The lowest BCUT2D eigenvalue weighted by Crippen LogP contribution is -2.54. The number of hydrogen-bond donors (Lipinski definition) is 3. The highest BCUT2D eigenvalue weighted by Crippen LogP contribution is 2.15. The molecule has 114 valence electrons. The minimum Gasteiger partial charge on any atom is -0.344 e. The normalized spacial score (nSPS) is 11.7. The number of rotatable bonds is 4. The van der Waals surface area contributed by atoms with Crippen molar-refractivity contribution in [1.29, 1.82) is 0 Å². The Morgan fingerprint density at radius 3 is 2.24 bits per heavy atom. The van der Waals surface area contributed by atoms with Gasteiger partial charge < -0.3 is 5.32 Å². The summed E-state index contributed by atoms with van der Waals surface area (Å²) in [5.74, 6) is -1.32. The first-order valence-corrected chi connectivity index (χ1v) is 7.24. The summed E-state index contributed by atoms with van der Waals surface area (Å²) in [6, 6.07) is 6.15. The number of halogens is 1. The summed E-state index contributed by atoms with van der Waals surface area (Å²) in [5.41, 5.74) is 5.05. The third-order valence-electron chi connectivity index (χ3n) is 2.73. The van der Waals surface area contributed by atoms with Gasteiger partial charge in [-0.05, 0) is 34.0 Å². The Hall–Kier alpha value is -1.89. The van der Waals surface area contributed by atoms with E-state index < -0.39 is 17.9 Å². The van der Waals surface area contributed by atoms with Crippen molar-refractivity contribution < 1.29 is 14.4 Å². The molecule has 0 radical (unpaired) electrons. The highest BCUT2D eigenvalue weighted by Gasteiger charge is 2.23. The minimum absolute atomic E-state index is 0.103. The Labute approximate surface area is 131 Å². The van der Waals surface area contributed by atoms with Crippen LogP contribution in [0.15, 0.2) is 28.7 Å². The van der Waals surface area contributed by atoms with E-state index in [4.69, 9.17) is 0 Å². The average Bonchev–Trinajstić information content (AvgIpc) is 2.41. The third-order valence-corrected chi connectivity index (χ3v) is 3.42. The van der Waals surface area contributed by atoms with Gasteiger partial charge in [-0.1, -0.05) is 26.0 Å². The number of benzene rings is 1. The van der Waals surface area contributed by atoms with Crippen LogP contribution in [0.4, 0.5) is 0 Å². The molecule has 0 fully saturated rings. The third kappa shape index (κ3) is 5.18. The summed E-state index contributed by atoms with van der Waals surface area (Å²) >= 11 is 3.26. The number of hydrogen-bond acceptors (Lipinski definition) is 3. The van der Waals surface area contributed by atoms with Crippen LogP contribution in [0, 0.1) is 5.92 Å². The van der Waals surface area contributed by atoms with Gasteiger partial charge in [-0.2, -0.15) is 0 Å². The summed E-state index contributed by atoms with van der Waals surface area (Å²) < 4.78 is 0.624. The van der Waals surface area contributed by atoms with Crippen LogP contribution in [-0.4, -0.2) is 23.8 Å². The van der Waals surface area contributed by atoms with Crippen molar-refractivity contribution in [3.63, 3.8) is 0 Å². The molecule has 7 heteroatoms.